The van der Waals surface area contributed by atoms with Crippen LogP contribution in [-0.4, -0.2) is 28.9 Å². The number of nitrogens with zero attached hydrogens (tertiary/aromatic N) is 2. The second-order valence-electron chi connectivity index (χ2n) is 7.26. The first-order chi connectivity index (χ1) is 15.2. The summed E-state index contributed by atoms with van der Waals surface area (Å²) in [6, 6.07) is 13.7. The summed E-state index contributed by atoms with van der Waals surface area (Å²) in [5.74, 6) is -0.989. The van der Waals surface area contributed by atoms with Gasteiger partial charge in [0.25, 0.3) is 5.91 Å². The van der Waals surface area contributed by atoms with Crippen molar-refractivity contribution in [2.75, 3.05) is 18.4 Å². The number of thiazole rings is 1. The van der Waals surface area contributed by atoms with E-state index in [9.17, 15) is 9.18 Å². The van der Waals surface area contributed by atoms with Crippen LogP contribution in [0.2, 0.25) is 0 Å². The Morgan fingerprint density at radius 1 is 1.19 bits per heavy atom. The lowest BCUT2D eigenvalue weighted by atomic mass is 10.0. The minimum Gasteiger partial charge on any atom is -0.371 e. The molecule has 1 aromatic heterocycles. The van der Waals surface area contributed by atoms with E-state index < -0.39 is 11.7 Å². The summed E-state index contributed by atoms with van der Waals surface area (Å²) < 4.78 is 13.9. The molecule has 4 nitrogen and oxygen atoms in total. The molecule has 1 aliphatic rings. The number of anilines is 1. The smallest absolute Gasteiger partial charge is 0.258 e. The summed E-state index contributed by atoms with van der Waals surface area (Å²) in [7, 11) is 0. The van der Waals surface area contributed by atoms with Gasteiger partial charge in [-0.25, -0.2) is 9.37 Å². The molecule has 1 amide bonds. The molecule has 0 unspecified atom stereocenters. The molecule has 158 valence electrons. The van der Waals surface area contributed by atoms with Gasteiger partial charge in [0.15, 0.2) is 0 Å². The minimum absolute atomic E-state index is 0.0321. The van der Waals surface area contributed by atoms with E-state index in [2.05, 4.69) is 34.3 Å². The fraction of sp³-hybridized carbons (Fsp3) is 0.200. The monoisotopic (exact) mass is 433 g/mol. The van der Waals surface area contributed by atoms with Gasteiger partial charge in [-0.3, -0.25) is 4.79 Å². The highest BCUT2D eigenvalue weighted by atomic mass is 32.1. The SMILES string of the molecule is CCN1CCC/C=C(\c2nccs2)C=C1c1ccc(NC(=O)c2ccccc2F)cc1. The number of aromatic nitrogens is 1. The van der Waals surface area contributed by atoms with Crippen molar-refractivity contribution in [1.29, 1.82) is 0 Å². The molecule has 1 aliphatic heterocycles. The van der Waals surface area contributed by atoms with Crippen LogP contribution in [0.5, 0.6) is 0 Å². The predicted molar refractivity (Wildman–Crippen MR) is 125 cm³/mol. The van der Waals surface area contributed by atoms with E-state index >= 15 is 0 Å². The molecule has 1 N–H and O–H groups in total. The second-order valence-corrected chi connectivity index (χ2v) is 8.15. The maximum absolute atomic E-state index is 13.9. The zero-order valence-corrected chi connectivity index (χ0v) is 18.2. The summed E-state index contributed by atoms with van der Waals surface area (Å²) in [4.78, 5) is 19.2. The molecule has 6 heteroatoms. The van der Waals surface area contributed by atoms with Crippen molar-refractivity contribution in [1.82, 2.24) is 9.88 Å². The fourth-order valence-electron chi connectivity index (χ4n) is 3.64. The highest BCUT2D eigenvalue weighted by Gasteiger charge is 2.16. The maximum Gasteiger partial charge on any atom is 0.258 e. The third-order valence-electron chi connectivity index (χ3n) is 5.25. The molecule has 0 fully saturated rings. The van der Waals surface area contributed by atoms with Crippen LogP contribution in [0.25, 0.3) is 11.3 Å². The quantitative estimate of drug-likeness (QED) is 0.531. The van der Waals surface area contributed by atoms with Crippen molar-refractivity contribution in [3.8, 4) is 0 Å². The first-order valence-electron chi connectivity index (χ1n) is 10.4. The van der Waals surface area contributed by atoms with Gasteiger partial charge < -0.3 is 10.2 Å². The van der Waals surface area contributed by atoms with Crippen molar-refractivity contribution < 1.29 is 9.18 Å². The van der Waals surface area contributed by atoms with Gasteiger partial charge in [0, 0.05) is 41.6 Å². The third kappa shape index (κ3) is 4.91. The Morgan fingerprint density at radius 2 is 2.00 bits per heavy atom. The lowest BCUT2D eigenvalue weighted by Gasteiger charge is -2.28. The van der Waals surface area contributed by atoms with Gasteiger partial charge in [-0.05, 0) is 55.7 Å². The first kappa shape index (κ1) is 21.0. The maximum atomic E-state index is 13.9. The number of hydrogen-bond donors (Lipinski definition) is 1. The number of benzene rings is 2. The summed E-state index contributed by atoms with van der Waals surface area (Å²) in [5, 5.41) is 5.79. The van der Waals surface area contributed by atoms with Gasteiger partial charge in [0.2, 0.25) is 0 Å². The minimum atomic E-state index is -0.531. The highest BCUT2D eigenvalue weighted by molar-refractivity contribution is 7.10. The van der Waals surface area contributed by atoms with E-state index in [0.717, 1.165) is 47.8 Å². The molecule has 3 aromatic rings. The van der Waals surface area contributed by atoms with Gasteiger partial charge in [-0.2, -0.15) is 0 Å². The molecule has 0 atom stereocenters. The Morgan fingerprint density at radius 3 is 2.71 bits per heavy atom. The summed E-state index contributed by atoms with van der Waals surface area (Å²) in [6.07, 6.45) is 8.40. The normalized spacial score (nSPS) is 16.0. The van der Waals surface area contributed by atoms with E-state index in [1.807, 2.05) is 35.8 Å². The number of hydrogen-bond acceptors (Lipinski definition) is 4. The van der Waals surface area contributed by atoms with Gasteiger partial charge in [-0.1, -0.05) is 30.3 Å². The summed E-state index contributed by atoms with van der Waals surface area (Å²) in [6.45, 7) is 4.05. The Balaban J connectivity index is 1.60. The van der Waals surface area contributed by atoms with E-state index in [4.69, 9.17) is 0 Å². The number of nitrogens with one attached hydrogen (secondary N) is 1. The zero-order chi connectivity index (χ0) is 21.6. The molecular formula is C25H24FN3OS. The molecule has 0 saturated carbocycles. The average Bonchev–Trinajstić information content (AvgIpc) is 3.30. The summed E-state index contributed by atoms with van der Waals surface area (Å²) >= 11 is 1.64. The molecule has 0 saturated heterocycles. The molecule has 0 radical (unpaired) electrons. The van der Waals surface area contributed by atoms with Crippen LogP contribution in [-0.2, 0) is 0 Å². The van der Waals surface area contributed by atoms with Crippen LogP contribution in [0.1, 0.15) is 40.7 Å². The van der Waals surface area contributed by atoms with Crippen LogP contribution in [0.4, 0.5) is 10.1 Å². The molecular weight excluding hydrogens is 409 g/mol. The lowest BCUT2D eigenvalue weighted by molar-refractivity contribution is 0.102. The van der Waals surface area contributed by atoms with E-state index in [1.165, 1.54) is 12.1 Å². The average molecular weight is 434 g/mol. The number of carbonyl (C=O) groups excluding carboxylic acids is 1. The zero-order valence-electron chi connectivity index (χ0n) is 17.3. The molecule has 2 heterocycles. The predicted octanol–water partition coefficient (Wildman–Crippen LogP) is 6.07. The van der Waals surface area contributed by atoms with Gasteiger partial charge in [0.1, 0.15) is 10.8 Å². The third-order valence-corrected chi connectivity index (χ3v) is 6.07. The van der Waals surface area contributed by atoms with Crippen LogP contribution in [0.3, 0.4) is 0 Å². The van der Waals surface area contributed by atoms with Crippen LogP contribution in [0.15, 0.2) is 72.3 Å². The Hall–Kier alpha value is -3.25. The molecule has 0 aliphatic carbocycles. The Labute approximate surface area is 185 Å². The van der Waals surface area contributed by atoms with Gasteiger partial charge in [-0.15, -0.1) is 11.3 Å². The van der Waals surface area contributed by atoms with Crippen LogP contribution < -0.4 is 5.32 Å². The summed E-state index contributed by atoms with van der Waals surface area (Å²) in [5.41, 5.74) is 4.00. The molecule has 0 bridgehead atoms. The van der Waals surface area contributed by atoms with Crippen LogP contribution in [0, 0.1) is 5.82 Å². The van der Waals surface area contributed by atoms with Crippen molar-refractivity contribution in [2.45, 2.75) is 19.8 Å². The standard InChI is InChI=1S/C25H24FN3OS/c1-2-29-15-6-5-7-19(25-27-14-16-31-25)17-23(29)18-10-12-20(13-11-18)28-24(30)21-8-3-4-9-22(21)26/h3-4,7-14,16-17H,2,5-6,15H2,1H3,(H,28,30)/b19-7-,23-17?. The molecule has 31 heavy (non-hydrogen) atoms. The number of halogens is 1. The Kier molecular flexibility index (Phi) is 6.57. The number of allylic oxidation sites excluding steroid dienone is 3. The number of carbonyl (C=O) groups is 1. The topological polar surface area (TPSA) is 45.2 Å². The van der Waals surface area contributed by atoms with Crippen molar-refractivity contribution >= 4 is 34.2 Å². The Bertz CT molecular complexity index is 1100. The van der Waals surface area contributed by atoms with E-state index in [-0.39, 0.29) is 5.56 Å². The van der Waals surface area contributed by atoms with Crippen molar-refractivity contribution in [2.24, 2.45) is 0 Å². The number of amides is 1. The molecule has 2 aromatic carbocycles. The van der Waals surface area contributed by atoms with Crippen molar-refractivity contribution in [3.63, 3.8) is 0 Å². The molecule has 0 spiro atoms. The van der Waals surface area contributed by atoms with Gasteiger partial charge in [0.05, 0.1) is 5.56 Å². The number of rotatable bonds is 5. The van der Waals surface area contributed by atoms with E-state index in [0.29, 0.717) is 5.69 Å². The lowest BCUT2D eigenvalue weighted by Crippen LogP contribution is -2.24. The second kappa shape index (κ2) is 9.71. The highest BCUT2D eigenvalue weighted by Crippen LogP contribution is 2.30. The van der Waals surface area contributed by atoms with E-state index in [1.54, 1.807) is 23.5 Å². The largest absolute Gasteiger partial charge is 0.371 e. The van der Waals surface area contributed by atoms with Crippen molar-refractivity contribution in [3.05, 3.63) is 94.2 Å². The molecule has 4 rings (SSSR count). The first-order valence-corrected chi connectivity index (χ1v) is 11.3. The fourth-order valence-corrected chi connectivity index (χ4v) is 4.29. The van der Waals surface area contributed by atoms with Gasteiger partial charge >= 0.3 is 0 Å². The van der Waals surface area contributed by atoms with Crippen LogP contribution >= 0.6 is 11.3 Å².